The quantitative estimate of drug-likeness (QED) is 0.621. The van der Waals surface area contributed by atoms with Crippen LogP contribution in [0.5, 0.6) is 0 Å². The van der Waals surface area contributed by atoms with Crippen molar-refractivity contribution in [2.24, 2.45) is 5.73 Å². The van der Waals surface area contributed by atoms with Crippen LogP contribution < -0.4 is 5.73 Å². The van der Waals surface area contributed by atoms with Gasteiger partial charge in [-0.15, -0.1) is 0 Å². The van der Waals surface area contributed by atoms with Gasteiger partial charge in [0.1, 0.15) is 0 Å². The zero-order chi connectivity index (χ0) is 12.0. The second-order valence-corrected chi connectivity index (χ2v) is 4.87. The van der Waals surface area contributed by atoms with Gasteiger partial charge < -0.3 is 5.73 Å². The van der Waals surface area contributed by atoms with E-state index in [0.29, 0.717) is 6.54 Å². The third-order valence-electron chi connectivity index (χ3n) is 1.93. The molecule has 0 heterocycles. The van der Waals surface area contributed by atoms with Crippen molar-refractivity contribution in [3.63, 3.8) is 0 Å². The number of hydrogen-bond acceptors (Lipinski definition) is 4. The van der Waals surface area contributed by atoms with E-state index in [1.165, 1.54) is 12.1 Å². The third-order valence-corrected chi connectivity index (χ3v) is 3.23. The average Bonchev–Trinajstić information content (AvgIpc) is 2.25. The summed E-state index contributed by atoms with van der Waals surface area (Å²) >= 11 is 0. The first-order valence-corrected chi connectivity index (χ1v) is 6.28. The molecule has 0 aromatic heterocycles. The topological polar surface area (TPSA) is 69.4 Å². The Hall–Kier alpha value is -1.17. The van der Waals surface area contributed by atoms with Crippen molar-refractivity contribution >= 4 is 10.1 Å². The van der Waals surface area contributed by atoms with Crippen molar-refractivity contribution < 1.29 is 12.6 Å². The van der Waals surface area contributed by atoms with Crippen molar-refractivity contribution in [3.05, 3.63) is 42.0 Å². The molecule has 0 unspecified atom stereocenters. The van der Waals surface area contributed by atoms with Gasteiger partial charge in [0.2, 0.25) is 0 Å². The normalized spacial score (nSPS) is 12.1. The van der Waals surface area contributed by atoms with Crippen LogP contribution in [0.2, 0.25) is 0 Å². The van der Waals surface area contributed by atoms with E-state index in [1.807, 2.05) is 6.92 Å². The summed E-state index contributed by atoms with van der Waals surface area (Å²) in [5.74, 6) is 0. The summed E-state index contributed by atoms with van der Waals surface area (Å²) in [6.07, 6.45) is 3.22. The van der Waals surface area contributed by atoms with Gasteiger partial charge in [0.15, 0.2) is 0 Å². The zero-order valence-electron chi connectivity index (χ0n) is 9.09. The maximum Gasteiger partial charge on any atom is 0.297 e. The standard InChI is InChI=1S/C11H15NO3S/c1-10-4-6-11(7-5-10)16(13,14)15-9-3-2-8-12/h2-7H,8-9,12H2,1H3/b3-2-. The highest BCUT2D eigenvalue weighted by atomic mass is 32.2. The van der Waals surface area contributed by atoms with Crippen LogP contribution >= 0.6 is 0 Å². The molecule has 0 saturated heterocycles. The fourth-order valence-electron chi connectivity index (χ4n) is 1.07. The lowest BCUT2D eigenvalue weighted by atomic mass is 10.2. The molecule has 0 saturated carbocycles. The molecule has 0 aliphatic carbocycles. The minimum atomic E-state index is -3.65. The molecule has 0 bridgehead atoms. The van der Waals surface area contributed by atoms with E-state index in [4.69, 9.17) is 9.92 Å². The highest BCUT2D eigenvalue weighted by molar-refractivity contribution is 7.86. The molecular formula is C11H15NO3S. The van der Waals surface area contributed by atoms with Crippen molar-refractivity contribution in [2.75, 3.05) is 13.2 Å². The minimum absolute atomic E-state index is 0.00735. The maximum absolute atomic E-state index is 11.6. The third kappa shape index (κ3) is 3.77. The molecule has 0 atom stereocenters. The molecule has 0 amide bonds. The summed E-state index contributed by atoms with van der Waals surface area (Å²) in [5.41, 5.74) is 6.22. The summed E-state index contributed by atoms with van der Waals surface area (Å²) in [4.78, 5) is 0.166. The second-order valence-electron chi connectivity index (χ2n) is 3.26. The van der Waals surface area contributed by atoms with E-state index in [1.54, 1.807) is 24.3 Å². The number of hydrogen-bond donors (Lipinski definition) is 1. The van der Waals surface area contributed by atoms with E-state index in [9.17, 15) is 8.42 Å². The van der Waals surface area contributed by atoms with E-state index in [-0.39, 0.29) is 11.5 Å². The van der Waals surface area contributed by atoms with Crippen molar-refractivity contribution in [3.8, 4) is 0 Å². The molecule has 4 nitrogen and oxygen atoms in total. The molecule has 1 rings (SSSR count). The molecule has 2 N–H and O–H groups in total. The van der Waals surface area contributed by atoms with E-state index < -0.39 is 10.1 Å². The molecule has 1 aromatic rings. The van der Waals surface area contributed by atoms with Crippen molar-refractivity contribution in [2.45, 2.75) is 11.8 Å². The van der Waals surface area contributed by atoms with Crippen LogP contribution in [0, 0.1) is 6.92 Å². The van der Waals surface area contributed by atoms with Crippen LogP contribution in [0.15, 0.2) is 41.3 Å². The summed E-state index contributed by atoms with van der Waals surface area (Å²) in [7, 11) is -3.65. The van der Waals surface area contributed by atoms with Crippen LogP contribution in [-0.4, -0.2) is 21.6 Å². The molecule has 0 spiro atoms. The lowest BCUT2D eigenvalue weighted by Crippen LogP contribution is -2.06. The number of nitrogens with two attached hydrogens (primary N) is 1. The molecule has 88 valence electrons. The Morgan fingerprint density at radius 3 is 2.44 bits per heavy atom. The van der Waals surface area contributed by atoms with Gasteiger partial charge in [-0.25, -0.2) is 0 Å². The molecule has 5 heteroatoms. The number of aryl methyl sites for hydroxylation is 1. The fraction of sp³-hybridized carbons (Fsp3) is 0.273. The summed E-state index contributed by atoms with van der Waals surface area (Å²) in [6.45, 7) is 2.27. The van der Waals surface area contributed by atoms with Crippen LogP contribution in [0.1, 0.15) is 5.56 Å². The van der Waals surface area contributed by atoms with Gasteiger partial charge >= 0.3 is 0 Å². The van der Waals surface area contributed by atoms with Gasteiger partial charge in [-0.3, -0.25) is 4.18 Å². The fourth-order valence-corrected chi connectivity index (χ4v) is 1.93. The first-order valence-electron chi connectivity index (χ1n) is 4.87. The van der Waals surface area contributed by atoms with Gasteiger partial charge in [-0.05, 0) is 19.1 Å². The van der Waals surface area contributed by atoms with Gasteiger partial charge in [0, 0.05) is 6.54 Å². The molecule has 1 aromatic carbocycles. The average molecular weight is 241 g/mol. The summed E-state index contributed by atoms with van der Waals surface area (Å²) in [6, 6.07) is 6.51. The van der Waals surface area contributed by atoms with Gasteiger partial charge in [-0.2, -0.15) is 8.42 Å². The summed E-state index contributed by atoms with van der Waals surface area (Å²) in [5, 5.41) is 0. The predicted molar refractivity (Wildman–Crippen MR) is 62.5 cm³/mol. The Labute approximate surface area is 95.9 Å². The Kier molecular flexibility index (Phi) is 4.67. The van der Waals surface area contributed by atoms with E-state index in [0.717, 1.165) is 5.56 Å². The van der Waals surface area contributed by atoms with Crippen LogP contribution in [0.4, 0.5) is 0 Å². The minimum Gasteiger partial charge on any atom is -0.327 e. The smallest absolute Gasteiger partial charge is 0.297 e. The Balaban J connectivity index is 2.71. The Bertz CT molecular complexity index is 449. The molecule has 0 radical (unpaired) electrons. The first kappa shape index (κ1) is 12.9. The lowest BCUT2D eigenvalue weighted by molar-refractivity contribution is 0.357. The van der Waals surface area contributed by atoms with E-state index >= 15 is 0 Å². The largest absolute Gasteiger partial charge is 0.327 e. The molecule has 0 aliphatic rings. The lowest BCUT2D eigenvalue weighted by Gasteiger charge is -2.03. The highest BCUT2D eigenvalue weighted by Crippen LogP contribution is 2.12. The van der Waals surface area contributed by atoms with Crippen LogP contribution in [0.3, 0.4) is 0 Å². The number of benzene rings is 1. The molecule has 0 aliphatic heterocycles. The van der Waals surface area contributed by atoms with Gasteiger partial charge in [-0.1, -0.05) is 29.8 Å². The Morgan fingerprint density at radius 1 is 1.25 bits per heavy atom. The molecular weight excluding hydrogens is 226 g/mol. The van der Waals surface area contributed by atoms with Crippen molar-refractivity contribution in [1.29, 1.82) is 0 Å². The van der Waals surface area contributed by atoms with Gasteiger partial charge in [0.05, 0.1) is 11.5 Å². The molecule has 16 heavy (non-hydrogen) atoms. The van der Waals surface area contributed by atoms with E-state index in [2.05, 4.69) is 0 Å². The van der Waals surface area contributed by atoms with Crippen LogP contribution in [-0.2, 0) is 14.3 Å². The highest BCUT2D eigenvalue weighted by Gasteiger charge is 2.13. The predicted octanol–water partition coefficient (Wildman–Crippen LogP) is 1.22. The van der Waals surface area contributed by atoms with Crippen LogP contribution in [0.25, 0.3) is 0 Å². The number of rotatable bonds is 5. The summed E-state index contributed by atoms with van der Waals surface area (Å²) < 4.78 is 28.0. The zero-order valence-corrected chi connectivity index (χ0v) is 9.91. The van der Waals surface area contributed by atoms with Crippen molar-refractivity contribution in [1.82, 2.24) is 0 Å². The second kappa shape index (κ2) is 5.79. The maximum atomic E-state index is 11.6. The molecule has 0 fully saturated rings. The SMILES string of the molecule is Cc1ccc(S(=O)(=O)OC/C=C\CN)cc1. The monoisotopic (exact) mass is 241 g/mol. The van der Waals surface area contributed by atoms with Gasteiger partial charge in [0.25, 0.3) is 10.1 Å². The Morgan fingerprint density at radius 2 is 1.88 bits per heavy atom. The first-order chi connectivity index (χ1) is 7.56.